The van der Waals surface area contributed by atoms with Crippen LogP contribution in [0.3, 0.4) is 0 Å². The molecule has 100 valence electrons. The molecule has 2 aliphatic rings. The number of aryl methyl sites for hydroxylation is 2. The van der Waals surface area contributed by atoms with Crippen molar-refractivity contribution >= 4 is 5.82 Å². The topological polar surface area (TPSA) is 52.0 Å². The first-order chi connectivity index (χ1) is 9.33. The van der Waals surface area contributed by atoms with Gasteiger partial charge in [-0.05, 0) is 50.8 Å². The van der Waals surface area contributed by atoms with E-state index in [0.717, 1.165) is 37.3 Å². The Morgan fingerprint density at radius 1 is 1.47 bits per heavy atom. The lowest BCUT2D eigenvalue weighted by Crippen LogP contribution is -2.37. The lowest BCUT2D eigenvalue weighted by Gasteiger charge is -2.27. The summed E-state index contributed by atoms with van der Waals surface area (Å²) >= 11 is 0. The fourth-order valence-electron chi connectivity index (χ4n) is 3.32. The lowest BCUT2D eigenvalue weighted by atomic mass is 10.1. The monoisotopic (exact) mass is 256 g/mol. The third-order valence-electron chi connectivity index (χ3n) is 4.24. The van der Waals surface area contributed by atoms with Gasteiger partial charge in [0.05, 0.1) is 5.56 Å². The quantitative estimate of drug-likeness (QED) is 0.893. The highest BCUT2D eigenvalue weighted by molar-refractivity contribution is 5.58. The third kappa shape index (κ3) is 2.19. The zero-order valence-electron chi connectivity index (χ0n) is 11.4. The molecule has 19 heavy (non-hydrogen) atoms. The highest BCUT2D eigenvalue weighted by Gasteiger charge is 2.28. The Bertz CT molecular complexity index is 518. The second-order valence-corrected chi connectivity index (χ2v) is 5.48. The van der Waals surface area contributed by atoms with E-state index in [1.807, 2.05) is 7.05 Å². The van der Waals surface area contributed by atoms with Gasteiger partial charge in [-0.15, -0.1) is 0 Å². The van der Waals surface area contributed by atoms with Crippen molar-refractivity contribution in [2.24, 2.45) is 0 Å². The van der Waals surface area contributed by atoms with Crippen LogP contribution >= 0.6 is 0 Å². The molecule has 2 heterocycles. The Kier molecular flexibility index (Phi) is 3.39. The van der Waals surface area contributed by atoms with Gasteiger partial charge in [0, 0.05) is 24.8 Å². The van der Waals surface area contributed by atoms with E-state index >= 15 is 0 Å². The second kappa shape index (κ2) is 5.18. The largest absolute Gasteiger partial charge is 0.351 e. The molecule has 0 bridgehead atoms. The van der Waals surface area contributed by atoms with Gasteiger partial charge in [0.1, 0.15) is 11.9 Å². The van der Waals surface area contributed by atoms with Crippen LogP contribution in [0.5, 0.6) is 0 Å². The number of fused-ring (bicyclic) bond motifs is 1. The van der Waals surface area contributed by atoms with Gasteiger partial charge in [0.2, 0.25) is 0 Å². The molecule has 1 N–H and O–H groups in total. The van der Waals surface area contributed by atoms with Crippen molar-refractivity contribution in [1.29, 1.82) is 5.26 Å². The summed E-state index contributed by atoms with van der Waals surface area (Å²) in [4.78, 5) is 7.14. The zero-order valence-corrected chi connectivity index (χ0v) is 11.4. The van der Waals surface area contributed by atoms with Crippen LogP contribution in [-0.2, 0) is 12.8 Å². The van der Waals surface area contributed by atoms with Crippen LogP contribution in [-0.4, -0.2) is 31.2 Å². The molecule has 3 rings (SSSR count). The predicted molar refractivity (Wildman–Crippen MR) is 75.3 cm³/mol. The fourth-order valence-corrected chi connectivity index (χ4v) is 3.32. The number of hydrogen-bond donors (Lipinski definition) is 1. The second-order valence-electron chi connectivity index (χ2n) is 5.48. The highest BCUT2D eigenvalue weighted by atomic mass is 15.2. The molecule has 0 amide bonds. The van der Waals surface area contributed by atoms with Crippen molar-refractivity contribution in [3.63, 3.8) is 0 Å². The van der Waals surface area contributed by atoms with Crippen LogP contribution in [0.25, 0.3) is 0 Å². The van der Waals surface area contributed by atoms with E-state index in [9.17, 15) is 5.26 Å². The van der Waals surface area contributed by atoms with Crippen LogP contribution in [0.1, 0.15) is 36.1 Å². The maximum Gasteiger partial charge on any atom is 0.147 e. The first kappa shape index (κ1) is 12.4. The van der Waals surface area contributed by atoms with E-state index in [4.69, 9.17) is 4.98 Å². The van der Waals surface area contributed by atoms with Crippen molar-refractivity contribution < 1.29 is 0 Å². The number of rotatable bonds is 3. The maximum atomic E-state index is 9.39. The Hall–Kier alpha value is -1.60. The number of nitrogens with zero attached hydrogens (tertiary/aromatic N) is 3. The molecule has 1 saturated heterocycles. The molecule has 1 aliphatic carbocycles. The predicted octanol–water partition coefficient (Wildman–Crippen LogP) is 1.63. The van der Waals surface area contributed by atoms with Crippen LogP contribution in [0.15, 0.2) is 6.07 Å². The summed E-state index contributed by atoms with van der Waals surface area (Å²) in [6.07, 6.45) is 5.70. The molecule has 1 aromatic rings. The number of likely N-dealkylation sites (N-methyl/N-ethyl adjacent to an activating group) is 1. The van der Waals surface area contributed by atoms with Gasteiger partial charge in [-0.25, -0.2) is 4.98 Å². The summed E-state index contributed by atoms with van der Waals surface area (Å²) in [5.41, 5.74) is 3.25. The molecule has 0 radical (unpaired) electrons. The Labute approximate surface area is 114 Å². The van der Waals surface area contributed by atoms with Crippen LogP contribution in [0.2, 0.25) is 0 Å². The standard InChI is InChI=1S/C15H20N4/c1-17-10-13-5-3-7-19(13)15-12(9-16)8-11-4-2-6-14(11)18-15/h8,13,17H,2-7,10H2,1H3. The van der Waals surface area contributed by atoms with Gasteiger partial charge in [-0.2, -0.15) is 5.26 Å². The van der Waals surface area contributed by atoms with E-state index in [2.05, 4.69) is 22.4 Å². The molecule has 1 fully saturated rings. The minimum atomic E-state index is 0.476. The number of hydrogen-bond acceptors (Lipinski definition) is 4. The fraction of sp³-hybridized carbons (Fsp3) is 0.600. The first-order valence-corrected chi connectivity index (χ1v) is 7.17. The zero-order chi connectivity index (χ0) is 13.2. The van der Waals surface area contributed by atoms with E-state index in [-0.39, 0.29) is 0 Å². The van der Waals surface area contributed by atoms with Crippen molar-refractivity contribution in [3.8, 4) is 6.07 Å². The average molecular weight is 256 g/mol. The average Bonchev–Trinajstić information content (AvgIpc) is 3.05. The molecular weight excluding hydrogens is 236 g/mol. The maximum absolute atomic E-state index is 9.39. The van der Waals surface area contributed by atoms with E-state index in [0.29, 0.717) is 6.04 Å². The first-order valence-electron chi connectivity index (χ1n) is 7.17. The molecule has 1 atom stereocenters. The van der Waals surface area contributed by atoms with Gasteiger partial charge in [-0.3, -0.25) is 0 Å². The number of aromatic nitrogens is 1. The third-order valence-corrected chi connectivity index (χ3v) is 4.24. The van der Waals surface area contributed by atoms with Gasteiger partial charge in [-0.1, -0.05) is 0 Å². The van der Waals surface area contributed by atoms with Crippen molar-refractivity contribution in [1.82, 2.24) is 10.3 Å². The summed E-state index contributed by atoms with van der Waals surface area (Å²) in [6, 6.07) is 4.89. The van der Waals surface area contributed by atoms with Crippen molar-refractivity contribution in [3.05, 3.63) is 22.9 Å². The molecule has 4 heteroatoms. The van der Waals surface area contributed by atoms with E-state index < -0.39 is 0 Å². The minimum Gasteiger partial charge on any atom is -0.351 e. The van der Waals surface area contributed by atoms with Gasteiger partial charge >= 0.3 is 0 Å². The van der Waals surface area contributed by atoms with E-state index in [1.54, 1.807) is 0 Å². The smallest absolute Gasteiger partial charge is 0.147 e. The number of nitrogens with one attached hydrogen (secondary N) is 1. The normalized spacial score (nSPS) is 21.5. The van der Waals surface area contributed by atoms with Crippen LogP contribution < -0.4 is 10.2 Å². The van der Waals surface area contributed by atoms with Crippen LogP contribution in [0.4, 0.5) is 5.82 Å². The summed E-state index contributed by atoms with van der Waals surface area (Å²) < 4.78 is 0. The molecule has 1 unspecified atom stereocenters. The Morgan fingerprint density at radius 3 is 3.16 bits per heavy atom. The summed E-state index contributed by atoms with van der Waals surface area (Å²) in [6.45, 7) is 1.98. The van der Waals surface area contributed by atoms with Gasteiger partial charge < -0.3 is 10.2 Å². The molecule has 1 aliphatic heterocycles. The number of anilines is 1. The lowest BCUT2D eigenvalue weighted by molar-refractivity contribution is 0.611. The summed E-state index contributed by atoms with van der Waals surface area (Å²) in [5.74, 6) is 0.918. The molecule has 1 aromatic heterocycles. The van der Waals surface area contributed by atoms with Gasteiger partial charge in [0.25, 0.3) is 0 Å². The summed E-state index contributed by atoms with van der Waals surface area (Å²) in [7, 11) is 1.98. The minimum absolute atomic E-state index is 0.476. The van der Waals surface area contributed by atoms with Crippen molar-refractivity contribution in [2.45, 2.75) is 38.1 Å². The summed E-state index contributed by atoms with van der Waals surface area (Å²) in [5, 5.41) is 12.6. The van der Waals surface area contributed by atoms with Crippen LogP contribution in [0, 0.1) is 11.3 Å². The number of pyridine rings is 1. The van der Waals surface area contributed by atoms with Crippen molar-refractivity contribution in [2.75, 3.05) is 25.0 Å². The van der Waals surface area contributed by atoms with Gasteiger partial charge in [0.15, 0.2) is 0 Å². The number of nitriles is 1. The Balaban J connectivity index is 1.97. The highest BCUT2D eigenvalue weighted by Crippen LogP contribution is 2.31. The molecule has 0 spiro atoms. The SMILES string of the molecule is CNCC1CCCN1c1nc2c(cc1C#N)CCC2. The molecule has 0 aromatic carbocycles. The van der Waals surface area contributed by atoms with E-state index in [1.165, 1.54) is 30.5 Å². The molecule has 0 saturated carbocycles. The Morgan fingerprint density at radius 2 is 2.37 bits per heavy atom. The molecular formula is C15H20N4. The molecule has 4 nitrogen and oxygen atoms in total.